The summed E-state index contributed by atoms with van der Waals surface area (Å²) < 4.78 is 0. The maximum Gasteiger partial charge on any atom is 0.129 e. The Balaban J connectivity index is 1.69. The minimum atomic E-state index is 0.611. The summed E-state index contributed by atoms with van der Waals surface area (Å²) in [6, 6.07) is 4.01. The molecule has 2 nitrogen and oxygen atoms in total. The van der Waals surface area contributed by atoms with E-state index in [1.807, 2.05) is 6.07 Å². The molecular formula is C15H17ClN2. The Morgan fingerprint density at radius 2 is 2.22 bits per heavy atom. The molecule has 0 saturated heterocycles. The van der Waals surface area contributed by atoms with Crippen molar-refractivity contribution >= 4 is 11.6 Å². The second-order valence-corrected chi connectivity index (χ2v) is 5.35. The Morgan fingerprint density at radius 1 is 1.28 bits per heavy atom. The van der Waals surface area contributed by atoms with Crippen molar-refractivity contribution in [2.24, 2.45) is 0 Å². The van der Waals surface area contributed by atoms with Crippen molar-refractivity contribution in [1.82, 2.24) is 9.88 Å². The van der Waals surface area contributed by atoms with Gasteiger partial charge in [0.25, 0.3) is 0 Å². The van der Waals surface area contributed by atoms with Crippen LogP contribution in [0.1, 0.15) is 24.1 Å². The first-order valence-electron chi connectivity index (χ1n) is 6.53. The van der Waals surface area contributed by atoms with E-state index >= 15 is 0 Å². The first kappa shape index (κ1) is 11.9. The molecule has 0 bridgehead atoms. The molecule has 0 amide bonds. The Bertz CT molecular complexity index is 505. The number of hydrogen-bond donors (Lipinski definition) is 0. The lowest BCUT2D eigenvalue weighted by Gasteiger charge is -2.28. The van der Waals surface area contributed by atoms with Crippen LogP contribution in [0.2, 0.25) is 5.15 Å². The van der Waals surface area contributed by atoms with Gasteiger partial charge in [0.15, 0.2) is 0 Å². The van der Waals surface area contributed by atoms with E-state index in [9.17, 15) is 0 Å². The normalized spacial score (nSPS) is 19.5. The Kier molecular flexibility index (Phi) is 3.48. The highest BCUT2D eigenvalue weighted by Gasteiger charge is 2.17. The highest BCUT2D eigenvalue weighted by molar-refractivity contribution is 6.29. The van der Waals surface area contributed by atoms with Crippen molar-refractivity contribution in [2.75, 3.05) is 13.1 Å². The summed E-state index contributed by atoms with van der Waals surface area (Å²) in [6.45, 7) is 3.12. The van der Waals surface area contributed by atoms with Crippen LogP contribution in [-0.4, -0.2) is 23.0 Å². The van der Waals surface area contributed by atoms with Gasteiger partial charge in [0.2, 0.25) is 0 Å². The van der Waals surface area contributed by atoms with Gasteiger partial charge >= 0.3 is 0 Å². The highest BCUT2D eigenvalue weighted by atomic mass is 35.5. The van der Waals surface area contributed by atoms with Crippen molar-refractivity contribution in [2.45, 2.75) is 25.8 Å². The van der Waals surface area contributed by atoms with E-state index in [0.29, 0.717) is 5.15 Å². The molecule has 0 radical (unpaired) electrons. The Morgan fingerprint density at radius 3 is 3.06 bits per heavy atom. The molecule has 1 aliphatic heterocycles. The number of hydrogen-bond acceptors (Lipinski definition) is 2. The lowest BCUT2D eigenvalue weighted by Crippen LogP contribution is -2.32. The SMILES string of the molecule is Clc1ccc2c(n1)CCN(CC1=CCCC=C1)C2. The lowest BCUT2D eigenvalue weighted by molar-refractivity contribution is 0.274. The molecule has 0 atom stereocenters. The van der Waals surface area contributed by atoms with Gasteiger partial charge in [-0.15, -0.1) is 0 Å². The molecule has 0 spiro atoms. The number of nitrogens with zero attached hydrogens (tertiary/aromatic N) is 2. The van der Waals surface area contributed by atoms with Crippen molar-refractivity contribution in [3.63, 3.8) is 0 Å². The van der Waals surface area contributed by atoms with Crippen LogP contribution >= 0.6 is 11.6 Å². The van der Waals surface area contributed by atoms with E-state index in [4.69, 9.17) is 11.6 Å². The zero-order valence-corrected chi connectivity index (χ0v) is 11.2. The summed E-state index contributed by atoms with van der Waals surface area (Å²) in [5.74, 6) is 0. The van der Waals surface area contributed by atoms with E-state index in [2.05, 4.69) is 34.2 Å². The van der Waals surface area contributed by atoms with E-state index in [0.717, 1.165) is 26.1 Å². The van der Waals surface area contributed by atoms with Crippen molar-refractivity contribution in [3.8, 4) is 0 Å². The predicted molar refractivity (Wildman–Crippen MR) is 74.7 cm³/mol. The smallest absolute Gasteiger partial charge is 0.129 e. The zero-order valence-electron chi connectivity index (χ0n) is 10.4. The third kappa shape index (κ3) is 2.65. The van der Waals surface area contributed by atoms with Gasteiger partial charge in [-0.25, -0.2) is 4.98 Å². The van der Waals surface area contributed by atoms with E-state index in [-0.39, 0.29) is 0 Å². The fourth-order valence-corrected chi connectivity index (χ4v) is 2.79. The molecule has 2 aliphatic rings. The lowest BCUT2D eigenvalue weighted by atomic mass is 10.0. The molecule has 1 aromatic heterocycles. The van der Waals surface area contributed by atoms with Gasteiger partial charge < -0.3 is 0 Å². The second kappa shape index (κ2) is 5.25. The molecule has 0 saturated carbocycles. The number of pyridine rings is 1. The first-order chi connectivity index (χ1) is 8.81. The predicted octanol–water partition coefficient (Wildman–Crippen LogP) is 3.37. The average Bonchev–Trinajstić information content (AvgIpc) is 2.40. The second-order valence-electron chi connectivity index (χ2n) is 4.96. The first-order valence-corrected chi connectivity index (χ1v) is 6.91. The zero-order chi connectivity index (χ0) is 12.4. The van der Waals surface area contributed by atoms with Crippen LogP contribution in [0.5, 0.6) is 0 Å². The minimum absolute atomic E-state index is 0.611. The molecule has 18 heavy (non-hydrogen) atoms. The highest BCUT2D eigenvalue weighted by Crippen LogP contribution is 2.21. The van der Waals surface area contributed by atoms with E-state index < -0.39 is 0 Å². The average molecular weight is 261 g/mol. The van der Waals surface area contributed by atoms with Crippen LogP contribution in [0.3, 0.4) is 0 Å². The largest absolute Gasteiger partial charge is 0.294 e. The molecule has 0 unspecified atom stereocenters. The van der Waals surface area contributed by atoms with Gasteiger partial charge in [-0.1, -0.05) is 35.9 Å². The van der Waals surface area contributed by atoms with Gasteiger partial charge in [0, 0.05) is 31.7 Å². The van der Waals surface area contributed by atoms with E-state index in [1.54, 1.807) is 0 Å². The summed E-state index contributed by atoms with van der Waals surface area (Å²) in [5.41, 5.74) is 3.95. The van der Waals surface area contributed by atoms with Crippen LogP contribution in [0.15, 0.2) is 35.9 Å². The van der Waals surface area contributed by atoms with Gasteiger partial charge in [-0.05, 0) is 30.0 Å². The molecule has 0 fully saturated rings. The molecule has 1 aromatic rings. The molecule has 2 heterocycles. The molecule has 0 aromatic carbocycles. The van der Waals surface area contributed by atoms with Crippen molar-refractivity contribution < 1.29 is 0 Å². The topological polar surface area (TPSA) is 16.1 Å². The molecule has 0 N–H and O–H groups in total. The molecule has 1 aliphatic carbocycles. The summed E-state index contributed by atoms with van der Waals surface area (Å²) in [4.78, 5) is 6.89. The van der Waals surface area contributed by atoms with Crippen LogP contribution in [0, 0.1) is 0 Å². The maximum absolute atomic E-state index is 5.93. The molecule has 3 rings (SSSR count). The molecule has 94 valence electrons. The standard InChI is InChI=1S/C15H17ClN2/c16-15-7-6-13-11-18(9-8-14(13)17-15)10-12-4-2-1-3-5-12/h2,4-7H,1,3,8-11H2. The molecule has 3 heteroatoms. The monoisotopic (exact) mass is 260 g/mol. The van der Waals surface area contributed by atoms with Crippen LogP contribution < -0.4 is 0 Å². The Labute approximate surface area is 113 Å². The molecular weight excluding hydrogens is 244 g/mol. The Hall–Kier alpha value is -1.12. The van der Waals surface area contributed by atoms with Gasteiger partial charge in [0.1, 0.15) is 5.15 Å². The number of fused-ring (bicyclic) bond motifs is 1. The fourth-order valence-electron chi connectivity index (χ4n) is 2.63. The van der Waals surface area contributed by atoms with Crippen molar-refractivity contribution in [3.05, 3.63) is 52.3 Å². The van der Waals surface area contributed by atoms with Gasteiger partial charge in [0.05, 0.1) is 0 Å². The van der Waals surface area contributed by atoms with Crippen LogP contribution in [-0.2, 0) is 13.0 Å². The van der Waals surface area contributed by atoms with Crippen molar-refractivity contribution in [1.29, 1.82) is 0 Å². The number of rotatable bonds is 2. The number of allylic oxidation sites excluding steroid dienone is 2. The quantitative estimate of drug-likeness (QED) is 0.758. The minimum Gasteiger partial charge on any atom is -0.294 e. The third-order valence-corrected chi connectivity index (χ3v) is 3.78. The van der Waals surface area contributed by atoms with Crippen LogP contribution in [0.4, 0.5) is 0 Å². The van der Waals surface area contributed by atoms with Crippen LogP contribution in [0.25, 0.3) is 0 Å². The summed E-state index contributed by atoms with van der Waals surface area (Å²) in [5, 5.41) is 0.611. The summed E-state index contributed by atoms with van der Waals surface area (Å²) in [6.07, 6.45) is 10.3. The van der Waals surface area contributed by atoms with Gasteiger partial charge in [-0.3, -0.25) is 4.90 Å². The third-order valence-electron chi connectivity index (χ3n) is 3.57. The number of aromatic nitrogens is 1. The maximum atomic E-state index is 5.93. The van der Waals surface area contributed by atoms with Gasteiger partial charge in [-0.2, -0.15) is 0 Å². The summed E-state index contributed by atoms with van der Waals surface area (Å²) in [7, 11) is 0. The van der Waals surface area contributed by atoms with E-state index in [1.165, 1.54) is 29.7 Å². The number of halogens is 1. The summed E-state index contributed by atoms with van der Waals surface area (Å²) >= 11 is 5.93. The fraction of sp³-hybridized carbons (Fsp3) is 0.400.